The number of ether oxygens (including phenoxy) is 1. The lowest BCUT2D eigenvalue weighted by Crippen LogP contribution is -2.51. The van der Waals surface area contributed by atoms with E-state index in [0.29, 0.717) is 12.1 Å². The normalized spacial score (nSPS) is 18.9. The highest BCUT2D eigenvalue weighted by Gasteiger charge is 2.32. The minimum atomic E-state index is -0.374. The van der Waals surface area contributed by atoms with E-state index >= 15 is 0 Å². The molecular weight excluding hydrogens is 358 g/mol. The number of methoxy groups -OCH3 is 1. The van der Waals surface area contributed by atoms with Crippen molar-refractivity contribution in [2.24, 2.45) is 5.92 Å². The zero-order valence-corrected chi connectivity index (χ0v) is 16.6. The molecule has 1 heterocycles. The second-order valence-corrected chi connectivity index (χ2v) is 7.68. The Bertz CT molecular complexity index is 707. The molecule has 7 heteroatoms. The number of nitrogens with one attached hydrogen (secondary N) is 2. The number of piperidine rings is 1. The SMILES string of the molecule is COC(=O)c1ccc(CNC(=O)C(C)N2CCC(NC(=O)C3CC3)CC2)cc1. The van der Waals surface area contributed by atoms with Crippen LogP contribution in [-0.4, -0.2) is 55.0 Å². The smallest absolute Gasteiger partial charge is 0.337 e. The van der Waals surface area contributed by atoms with Gasteiger partial charge in [0.15, 0.2) is 0 Å². The molecule has 2 N–H and O–H groups in total. The Morgan fingerprint density at radius 3 is 2.32 bits per heavy atom. The van der Waals surface area contributed by atoms with Crippen LogP contribution in [0.15, 0.2) is 24.3 Å². The second kappa shape index (κ2) is 9.19. The van der Waals surface area contributed by atoms with E-state index < -0.39 is 0 Å². The number of benzene rings is 1. The predicted octanol–water partition coefficient (Wildman–Crippen LogP) is 1.47. The largest absolute Gasteiger partial charge is 0.465 e. The first kappa shape index (κ1) is 20.3. The van der Waals surface area contributed by atoms with Gasteiger partial charge in [-0.25, -0.2) is 4.79 Å². The Kier molecular flexibility index (Phi) is 6.67. The van der Waals surface area contributed by atoms with Gasteiger partial charge in [-0.3, -0.25) is 14.5 Å². The Hall–Kier alpha value is -2.41. The van der Waals surface area contributed by atoms with Crippen LogP contribution in [0.5, 0.6) is 0 Å². The van der Waals surface area contributed by atoms with Gasteiger partial charge in [-0.05, 0) is 50.3 Å². The first-order valence-electron chi connectivity index (χ1n) is 9.97. The van der Waals surface area contributed by atoms with E-state index in [1.807, 2.05) is 19.1 Å². The molecule has 0 radical (unpaired) electrons. The Morgan fingerprint density at radius 1 is 1.11 bits per heavy atom. The minimum Gasteiger partial charge on any atom is -0.465 e. The lowest BCUT2D eigenvalue weighted by atomic mass is 10.0. The van der Waals surface area contributed by atoms with Crippen molar-refractivity contribution in [1.29, 1.82) is 0 Å². The Morgan fingerprint density at radius 2 is 1.75 bits per heavy atom. The standard InChI is InChI=1S/C21H29N3O4/c1-14(24-11-9-18(10-12-24)23-20(26)16-7-8-16)19(25)22-13-15-3-5-17(6-4-15)21(27)28-2/h3-6,14,16,18H,7-13H2,1-2H3,(H,22,25)(H,23,26). The van der Waals surface area contributed by atoms with Crippen LogP contribution in [0.25, 0.3) is 0 Å². The van der Waals surface area contributed by atoms with Crippen LogP contribution in [-0.2, 0) is 20.9 Å². The van der Waals surface area contributed by atoms with Gasteiger partial charge in [0.2, 0.25) is 11.8 Å². The summed E-state index contributed by atoms with van der Waals surface area (Å²) in [4.78, 5) is 38.0. The van der Waals surface area contributed by atoms with Crippen molar-refractivity contribution in [2.45, 2.75) is 51.2 Å². The summed E-state index contributed by atoms with van der Waals surface area (Å²) in [5.74, 6) is 0.0466. The molecule has 0 spiro atoms. The van der Waals surface area contributed by atoms with Gasteiger partial charge in [-0.2, -0.15) is 0 Å². The summed E-state index contributed by atoms with van der Waals surface area (Å²) in [6, 6.07) is 7.02. The van der Waals surface area contributed by atoms with E-state index in [1.165, 1.54) is 7.11 Å². The van der Waals surface area contributed by atoms with Crippen molar-refractivity contribution in [1.82, 2.24) is 15.5 Å². The fraction of sp³-hybridized carbons (Fsp3) is 0.571. The molecule has 2 aliphatic rings. The number of amides is 2. The van der Waals surface area contributed by atoms with Crippen LogP contribution >= 0.6 is 0 Å². The van der Waals surface area contributed by atoms with Gasteiger partial charge in [0.1, 0.15) is 0 Å². The van der Waals surface area contributed by atoms with Gasteiger partial charge >= 0.3 is 5.97 Å². The molecule has 28 heavy (non-hydrogen) atoms. The summed E-state index contributed by atoms with van der Waals surface area (Å²) in [5, 5.41) is 6.09. The molecule has 1 aliphatic heterocycles. The van der Waals surface area contributed by atoms with Crippen molar-refractivity contribution in [3.63, 3.8) is 0 Å². The lowest BCUT2D eigenvalue weighted by molar-refractivity contribution is -0.127. The van der Waals surface area contributed by atoms with E-state index in [0.717, 1.165) is 44.3 Å². The van der Waals surface area contributed by atoms with Crippen molar-refractivity contribution >= 4 is 17.8 Å². The molecule has 2 amide bonds. The minimum absolute atomic E-state index is 0.0162. The fourth-order valence-electron chi connectivity index (χ4n) is 3.47. The highest BCUT2D eigenvalue weighted by atomic mass is 16.5. The van der Waals surface area contributed by atoms with E-state index in [1.54, 1.807) is 12.1 Å². The van der Waals surface area contributed by atoms with Crippen LogP contribution in [0, 0.1) is 5.92 Å². The molecular formula is C21H29N3O4. The monoisotopic (exact) mass is 387 g/mol. The summed E-state index contributed by atoms with van der Waals surface area (Å²) in [7, 11) is 1.35. The Labute approximate surface area is 165 Å². The molecule has 1 saturated heterocycles. The van der Waals surface area contributed by atoms with E-state index in [2.05, 4.69) is 20.3 Å². The zero-order chi connectivity index (χ0) is 20.1. The van der Waals surface area contributed by atoms with Gasteiger partial charge in [0, 0.05) is 31.6 Å². The number of carbonyl (C=O) groups excluding carboxylic acids is 3. The number of nitrogens with zero attached hydrogens (tertiary/aromatic N) is 1. The van der Waals surface area contributed by atoms with Gasteiger partial charge in [0.05, 0.1) is 18.7 Å². The van der Waals surface area contributed by atoms with E-state index in [-0.39, 0.29) is 35.8 Å². The first-order chi connectivity index (χ1) is 13.5. The molecule has 1 aliphatic carbocycles. The molecule has 1 aromatic rings. The number of likely N-dealkylation sites (tertiary alicyclic amines) is 1. The van der Waals surface area contributed by atoms with Crippen LogP contribution < -0.4 is 10.6 Å². The van der Waals surface area contributed by atoms with Gasteiger partial charge < -0.3 is 15.4 Å². The number of hydrogen-bond donors (Lipinski definition) is 2. The molecule has 1 aromatic carbocycles. The summed E-state index contributed by atoms with van der Waals surface area (Å²) in [6.07, 6.45) is 3.80. The molecule has 2 fully saturated rings. The van der Waals surface area contributed by atoms with Crippen molar-refractivity contribution in [2.75, 3.05) is 20.2 Å². The maximum absolute atomic E-state index is 12.5. The zero-order valence-electron chi connectivity index (χ0n) is 16.6. The highest BCUT2D eigenvalue weighted by molar-refractivity contribution is 5.89. The maximum Gasteiger partial charge on any atom is 0.337 e. The van der Waals surface area contributed by atoms with Gasteiger partial charge in [-0.1, -0.05) is 12.1 Å². The molecule has 1 unspecified atom stereocenters. The number of hydrogen-bond acceptors (Lipinski definition) is 5. The third-order valence-electron chi connectivity index (χ3n) is 5.59. The summed E-state index contributed by atoms with van der Waals surface area (Å²) in [6.45, 7) is 3.94. The summed E-state index contributed by atoms with van der Waals surface area (Å²) >= 11 is 0. The van der Waals surface area contributed by atoms with Crippen LogP contribution in [0.3, 0.4) is 0 Å². The second-order valence-electron chi connectivity index (χ2n) is 7.68. The van der Waals surface area contributed by atoms with Crippen molar-refractivity contribution in [3.05, 3.63) is 35.4 Å². The number of esters is 1. The summed E-state index contributed by atoms with van der Waals surface area (Å²) in [5.41, 5.74) is 1.41. The predicted molar refractivity (Wildman–Crippen MR) is 105 cm³/mol. The molecule has 0 bridgehead atoms. The van der Waals surface area contributed by atoms with Crippen LogP contribution in [0.1, 0.15) is 48.5 Å². The van der Waals surface area contributed by atoms with Crippen molar-refractivity contribution < 1.29 is 19.1 Å². The fourth-order valence-corrected chi connectivity index (χ4v) is 3.47. The topological polar surface area (TPSA) is 87.7 Å². The first-order valence-corrected chi connectivity index (χ1v) is 9.97. The lowest BCUT2D eigenvalue weighted by Gasteiger charge is -2.35. The quantitative estimate of drug-likeness (QED) is 0.692. The van der Waals surface area contributed by atoms with Crippen LogP contribution in [0.4, 0.5) is 0 Å². The van der Waals surface area contributed by atoms with Crippen LogP contribution in [0.2, 0.25) is 0 Å². The van der Waals surface area contributed by atoms with E-state index in [4.69, 9.17) is 0 Å². The van der Waals surface area contributed by atoms with Gasteiger partial charge in [-0.15, -0.1) is 0 Å². The van der Waals surface area contributed by atoms with Crippen molar-refractivity contribution in [3.8, 4) is 0 Å². The maximum atomic E-state index is 12.5. The van der Waals surface area contributed by atoms with E-state index in [9.17, 15) is 14.4 Å². The molecule has 1 atom stereocenters. The summed E-state index contributed by atoms with van der Waals surface area (Å²) < 4.78 is 4.68. The third-order valence-corrected chi connectivity index (χ3v) is 5.59. The molecule has 1 saturated carbocycles. The molecule has 152 valence electrons. The average Bonchev–Trinajstić information content (AvgIpc) is 3.57. The Balaban J connectivity index is 1.40. The number of rotatable bonds is 7. The molecule has 3 rings (SSSR count). The number of carbonyl (C=O) groups is 3. The molecule has 7 nitrogen and oxygen atoms in total. The van der Waals surface area contributed by atoms with Gasteiger partial charge in [0.25, 0.3) is 0 Å². The third kappa shape index (κ3) is 5.32. The molecule has 0 aromatic heterocycles. The average molecular weight is 387 g/mol. The highest BCUT2D eigenvalue weighted by Crippen LogP contribution is 2.29.